The van der Waals surface area contributed by atoms with Gasteiger partial charge in [-0.1, -0.05) is 34.1 Å². The average Bonchev–Trinajstić information content (AvgIpc) is 2.18. The van der Waals surface area contributed by atoms with Crippen molar-refractivity contribution >= 4 is 0 Å². The lowest BCUT2D eigenvalue weighted by Gasteiger charge is -2.53. The maximum Gasteiger partial charge on any atom is 0.0206 e. The first-order valence-corrected chi connectivity index (χ1v) is 6.55. The molecule has 1 nitrogen and oxygen atoms in total. The standard InChI is InChI=1S/C14H29N/c1-12(2)13(3,4)14(5,6)15-10-8-7-9-11-15/h12H,7-11H2,1-6H3. The van der Waals surface area contributed by atoms with Gasteiger partial charge in [-0.05, 0) is 51.1 Å². The van der Waals surface area contributed by atoms with Gasteiger partial charge in [0.2, 0.25) is 0 Å². The van der Waals surface area contributed by atoms with E-state index in [0.717, 1.165) is 5.92 Å². The Hall–Kier alpha value is -0.0400. The second-order valence-electron chi connectivity index (χ2n) is 6.48. The molecule has 0 saturated carbocycles. The Morgan fingerprint density at radius 1 is 0.867 bits per heavy atom. The van der Waals surface area contributed by atoms with Gasteiger partial charge in [0.25, 0.3) is 0 Å². The summed E-state index contributed by atoms with van der Waals surface area (Å²) >= 11 is 0. The zero-order chi connectivity index (χ0) is 11.7. The number of likely N-dealkylation sites (tertiary alicyclic amines) is 1. The third-order valence-corrected chi connectivity index (χ3v) is 5.17. The smallest absolute Gasteiger partial charge is 0.0206 e. The number of hydrogen-bond acceptors (Lipinski definition) is 1. The zero-order valence-electron chi connectivity index (χ0n) is 11.6. The minimum absolute atomic E-state index is 0.321. The molecule has 0 amide bonds. The van der Waals surface area contributed by atoms with E-state index in [1.165, 1.54) is 32.4 Å². The molecule has 90 valence electrons. The highest BCUT2D eigenvalue weighted by molar-refractivity contribution is 4.97. The largest absolute Gasteiger partial charge is 0.298 e. The predicted octanol–water partition coefficient (Wildman–Crippen LogP) is 3.93. The van der Waals surface area contributed by atoms with Crippen LogP contribution >= 0.6 is 0 Å². The van der Waals surface area contributed by atoms with Crippen molar-refractivity contribution in [2.24, 2.45) is 11.3 Å². The lowest BCUT2D eigenvalue weighted by Crippen LogP contribution is -2.57. The fourth-order valence-electron chi connectivity index (χ4n) is 2.57. The van der Waals surface area contributed by atoms with Crippen molar-refractivity contribution in [2.45, 2.75) is 66.3 Å². The molecule has 1 saturated heterocycles. The Bertz CT molecular complexity index is 197. The Morgan fingerprint density at radius 3 is 1.73 bits per heavy atom. The molecule has 0 radical (unpaired) electrons. The van der Waals surface area contributed by atoms with Crippen LogP contribution in [0, 0.1) is 11.3 Å². The lowest BCUT2D eigenvalue weighted by atomic mass is 9.66. The minimum Gasteiger partial charge on any atom is -0.298 e. The highest BCUT2D eigenvalue weighted by Crippen LogP contribution is 2.42. The molecule has 1 rings (SSSR count). The Morgan fingerprint density at radius 2 is 1.33 bits per heavy atom. The van der Waals surface area contributed by atoms with Crippen LogP contribution in [0.1, 0.15) is 60.8 Å². The zero-order valence-corrected chi connectivity index (χ0v) is 11.6. The summed E-state index contributed by atoms with van der Waals surface area (Å²) in [6, 6.07) is 0. The minimum atomic E-state index is 0.321. The molecule has 0 spiro atoms. The van der Waals surface area contributed by atoms with Crippen molar-refractivity contribution in [1.82, 2.24) is 4.90 Å². The van der Waals surface area contributed by atoms with Gasteiger partial charge < -0.3 is 0 Å². The fourth-order valence-corrected chi connectivity index (χ4v) is 2.57. The van der Waals surface area contributed by atoms with E-state index in [2.05, 4.69) is 46.4 Å². The Kier molecular flexibility index (Phi) is 3.86. The van der Waals surface area contributed by atoms with E-state index in [1.54, 1.807) is 0 Å². The average molecular weight is 211 g/mol. The molecule has 0 aromatic heterocycles. The summed E-state index contributed by atoms with van der Waals surface area (Å²) in [5, 5.41) is 0. The second kappa shape index (κ2) is 4.45. The molecule has 0 aromatic rings. The van der Waals surface area contributed by atoms with Crippen LogP contribution in [-0.4, -0.2) is 23.5 Å². The summed E-state index contributed by atoms with van der Waals surface area (Å²) in [4.78, 5) is 2.70. The fraction of sp³-hybridized carbons (Fsp3) is 1.00. The summed E-state index contributed by atoms with van der Waals surface area (Å²) in [6.45, 7) is 17.0. The molecular formula is C14H29N. The molecule has 1 fully saturated rings. The highest BCUT2D eigenvalue weighted by Gasteiger charge is 2.43. The van der Waals surface area contributed by atoms with Gasteiger partial charge in [-0.3, -0.25) is 4.90 Å². The third-order valence-electron chi connectivity index (χ3n) is 5.17. The monoisotopic (exact) mass is 211 g/mol. The Balaban J connectivity index is 2.79. The quantitative estimate of drug-likeness (QED) is 0.683. The van der Waals surface area contributed by atoms with Crippen LogP contribution in [0.4, 0.5) is 0 Å². The molecular weight excluding hydrogens is 182 g/mol. The van der Waals surface area contributed by atoms with Crippen LogP contribution in [0.5, 0.6) is 0 Å². The number of hydrogen-bond donors (Lipinski definition) is 0. The van der Waals surface area contributed by atoms with Crippen molar-refractivity contribution in [2.75, 3.05) is 13.1 Å². The van der Waals surface area contributed by atoms with Crippen LogP contribution < -0.4 is 0 Å². The van der Waals surface area contributed by atoms with Gasteiger partial charge in [0.05, 0.1) is 0 Å². The van der Waals surface area contributed by atoms with Gasteiger partial charge in [0, 0.05) is 5.54 Å². The summed E-state index contributed by atoms with van der Waals surface area (Å²) in [6.07, 6.45) is 4.20. The van der Waals surface area contributed by atoms with Gasteiger partial charge in [-0.15, -0.1) is 0 Å². The van der Waals surface area contributed by atoms with Crippen LogP contribution in [0.15, 0.2) is 0 Å². The topological polar surface area (TPSA) is 3.24 Å². The van der Waals surface area contributed by atoms with E-state index in [4.69, 9.17) is 0 Å². The molecule has 1 heteroatoms. The third kappa shape index (κ3) is 2.38. The van der Waals surface area contributed by atoms with Gasteiger partial charge >= 0.3 is 0 Å². The molecule has 0 unspecified atom stereocenters. The molecule has 0 atom stereocenters. The van der Waals surface area contributed by atoms with E-state index >= 15 is 0 Å². The van der Waals surface area contributed by atoms with Crippen molar-refractivity contribution in [3.05, 3.63) is 0 Å². The highest BCUT2D eigenvalue weighted by atomic mass is 15.2. The van der Waals surface area contributed by atoms with Crippen molar-refractivity contribution in [3.63, 3.8) is 0 Å². The molecule has 15 heavy (non-hydrogen) atoms. The van der Waals surface area contributed by atoms with Gasteiger partial charge in [-0.25, -0.2) is 0 Å². The predicted molar refractivity (Wildman–Crippen MR) is 68.1 cm³/mol. The molecule has 1 heterocycles. The number of piperidine rings is 1. The SMILES string of the molecule is CC(C)C(C)(C)C(C)(C)N1CCCCC1. The summed E-state index contributed by atoms with van der Waals surface area (Å²) in [7, 11) is 0. The first-order chi connectivity index (χ1) is 6.80. The normalized spacial score (nSPS) is 21.0. The molecule has 1 aliphatic heterocycles. The van der Waals surface area contributed by atoms with Gasteiger partial charge in [-0.2, -0.15) is 0 Å². The molecule has 0 N–H and O–H groups in total. The van der Waals surface area contributed by atoms with Crippen LogP contribution in [0.2, 0.25) is 0 Å². The first kappa shape index (κ1) is 13.0. The summed E-state index contributed by atoms with van der Waals surface area (Å²) in [5.41, 5.74) is 0.700. The second-order valence-corrected chi connectivity index (χ2v) is 6.48. The summed E-state index contributed by atoms with van der Waals surface area (Å²) in [5.74, 6) is 0.731. The van der Waals surface area contributed by atoms with Crippen LogP contribution in [0.25, 0.3) is 0 Å². The van der Waals surface area contributed by atoms with E-state index in [0.29, 0.717) is 11.0 Å². The number of nitrogens with zero attached hydrogens (tertiary/aromatic N) is 1. The van der Waals surface area contributed by atoms with Crippen molar-refractivity contribution in [1.29, 1.82) is 0 Å². The maximum absolute atomic E-state index is 2.70. The van der Waals surface area contributed by atoms with E-state index in [-0.39, 0.29) is 0 Å². The van der Waals surface area contributed by atoms with Crippen molar-refractivity contribution in [3.8, 4) is 0 Å². The molecule has 1 aliphatic rings. The van der Waals surface area contributed by atoms with E-state index in [1.807, 2.05) is 0 Å². The Labute approximate surface area is 96.2 Å². The molecule has 0 bridgehead atoms. The van der Waals surface area contributed by atoms with Crippen molar-refractivity contribution < 1.29 is 0 Å². The number of rotatable bonds is 3. The van der Waals surface area contributed by atoms with Gasteiger partial charge in [0.15, 0.2) is 0 Å². The molecule has 0 aliphatic carbocycles. The van der Waals surface area contributed by atoms with Gasteiger partial charge in [0.1, 0.15) is 0 Å². The van der Waals surface area contributed by atoms with E-state index in [9.17, 15) is 0 Å². The van der Waals surface area contributed by atoms with E-state index < -0.39 is 0 Å². The van der Waals surface area contributed by atoms with Crippen LogP contribution in [0.3, 0.4) is 0 Å². The molecule has 0 aromatic carbocycles. The van der Waals surface area contributed by atoms with Crippen LogP contribution in [-0.2, 0) is 0 Å². The lowest BCUT2D eigenvalue weighted by molar-refractivity contribution is -0.0276. The first-order valence-electron chi connectivity index (χ1n) is 6.55. The summed E-state index contributed by atoms with van der Waals surface area (Å²) < 4.78 is 0. The maximum atomic E-state index is 2.70.